The van der Waals surface area contributed by atoms with Gasteiger partial charge in [-0.3, -0.25) is 4.79 Å². The molecule has 0 unspecified atom stereocenters. The van der Waals surface area contributed by atoms with E-state index in [1.165, 1.54) is 4.90 Å². The van der Waals surface area contributed by atoms with Gasteiger partial charge in [-0.15, -0.1) is 11.8 Å². The van der Waals surface area contributed by atoms with Crippen LogP contribution in [0.1, 0.15) is 22.8 Å². The first-order valence-electron chi connectivity index (χ1n) is 9.64. The van der Waals surface area contributed by atoms with E-state index in [0.717, 1.165) is 28.2 Å². The van der Waals surface area contributed by atoms with E-state index in [1.54, 1.807) is 24.0 Å². The Kier molecular flexibility index (Phi) is 5.71. The zero-order valence-corrected chi connectivity index (χ0v) is 17.1. The molecule has 0 radical (unpaired) electrons. The van der Waals surface area contributed by atoms with E-state index in [1.807, 2.05) is 47.4 Å². The number of hydrogen-bond acceptors (Lipinski definition) is 5. The number of nitrogen functional groups attached to an aromatic ring is 1. The molecule has 1 aliphatic heterocycles. The number of rotatable bonds is 4. The van der Waals surface area contributed by atoms with Gasteiger partial charge in [0.05, 0.1) is 6.54 Å². The molecule has 0 saturated heterocycles. The van der Waals surface area contributed by atoms with Gasteiger partial charge in [0, 0.05) is 34.3 Å². The predicted molar refractivity (Wildman–Crippen MR) is 117 cm³/mol. The van der Waals surface area contributed by atoms with Crippen LogP contribution in [0.5, 0.6) is 5.75 Å². The molecule has 6 heteroatoms. The third-order valence-corrected chi connectivity index (χ3v) is 5.75. The van der Waals surface area contributed by atoms with Crippen LogP contribution < -0.4 is 10.5 Å². The number of nitrogens with zero attached hydrogens (tertiary/aromatic N) is 2. The number of benzene rings is 2. The van der Waals surface area contributed by atoms with Gasteiger partial charge < -0.3 is 15.4 Å². The topological polar surface area (TPSA) is 68.5 Å². The lowest BCUT2D eigenvalue weighted by Crippen LogP contribution is -2.32. The fraction of sp³-hybridized carbons (Fsp3) is 0.217. The monoisotopic (exact) mass is 405 g/mol. The minimum Gasteiger partial charge on any atom is -0.491 e. The van der Waals surface area contributed by atoms with Crippen molar-refractivity contribution >= 4 is 23.5 Å². The largest absolute Gasteiger partial charge is 0.491 e. The number of amides is 1. The number of carbonyl (C=O) groups excluding carboxylic acids is 1. The number of ether oxygens (including phenoxy) is 1. The molecule has 3 aromatic rings. The highest BCUT2D eigenvalue weighted by Gasteiger charge is 2.21. The lowest BCUT2D eigenvalue weighted by atomic mass is 10.0. The highest BCUT2D eigenvalue weighted by molar-refractivity contribution is 7.99. The fourth-order valence-electron chi connectivity index (χ4n) is 3.37. The molecule has 0 atom stereocenters. The van der Waals surface area contributed by atoms with Crippen molar-refractivity contribution in [2.45, 2.75) is 18.4 Å². The van der Waals surface area contributed by atoms with Crippen LogP contribution in [0.25, 0.3) is 11.1 Å². The van der Waals surface area contributed by atoms with Crippen molar-refractivity contribution in [2.75, 3.05) is 24.6 Å². The van der Waals surface area contributed by atoms with Gasteiger partial charge in [-0.25, -0.2) is 4.98 Å². The second kappa shape index (κ2) is 8.57. The van der Waals surface area contributed by atoms with Gasteiger partial charge in [0.25, 0.3) is 5.91 Å². The molecule has 0 spiro atoms. The average Bonchev–Trinajstić information content (AvgIpc) is 2.96. The molecular weight excluding hydrogens is 382 g/mol. The summed E-state index contributed by atoms with van der Waals surface area (Å²) in [7, 11) is 0. The minimum absolute atomic E-state index is 0.0223. The van der Waals surface area contributed by atoms with Crippen molar-refractivity contribution in [3.05, 3.63) is 71.9 Å². The predicted octanol–water partition coefficient (Wildman–Crippen LogP) is 4.48. The van der Waals surface area contributed by atoms with E-state index in [-0.39, 0.29) is 5.91 Å². The summed E-state index contributed by atoms with van der Waals surface area (Å²) >= 11 is 1.77. The first-order chi connectivity index (χ1) is 14.1. The molecule has 1 amide bonds. The summed E-state index contributed by atoms with van der Waals surface area (Å²) in [4.78, 5) is 20.3. The maximum atomic E-state index is 13.1. The van der Waals surface area contributed by atoms with Crippen LogP contribution in [0.3, 0.4) is 0 Å². The van der Waals surface area contributed by atoms with Gasteiger partial charge in [0.15, 0.2) is 0 Å². The summed E-state index contributed by atoms with van der Waals surface area (Å²) < 4.78 is 5.89. The number of thioether (sulfide) groups is 1. The van der Waals surface area contributed by atoms with Gasteiger partial charge >= 0.3 is 0 Å². The van der Waals surface area contributed by atoms with Crippen molar-refractivity contribution < 1.29 is 9.53 Å². The van der Waals surface area contributed by atoms with Crippen LogP contribution in [0.15, 0.2) is 65.7 Å². The highest BCUT2D eigenvalue weighted by atomic mass is 32.2. The smallest absolute Gasteiger partial charge is 0.254 e. The Labute approximate surface area is 174 Å². The standard InChI is InChI=1S/C23H23N3O2S/c1-2-29-20-7-3-16(4-8-20)23(27)26-11-12-28-21-9-5-17(13-19(21)15-26)18-6-10-22(24)25-14-18/h3-10,13-14H,2,11-12,15H2,1H3,(H2,24,25). The quantitative estimate of drug-likeness (QED) is 0.648. The maximum Gasteiger partial charge on any atom is 0.254 e. The third kappa shape index (κ3) is 4.38. The number of pyridine rings is 1. The normalized spacial score (nSPS) is 13.3. The highest BCUT2D eigenvalue weighted by Crippen LogP contribution is 2.30. The Morgan fingerprint density at radius 3 is 2.66 bits per heavy atom. The van der Waals surface area contributed by atoms with E-state index in [9.17, 15) is 4.79 Å². The first kappa shape index (κ1) is 19.3. The second-order valence-corrected chi connectivity index (χ2v) is 8.16. The molecule has 5 nitrogen and oxygen atoms in total. The fourth-order valence-corrected chi connectivity index (χ4v) is 4.03. The van der Waals surface area contributed by atoms with Crippen molar-refractivity contribution in [2.24, 2.45) is 0 Å². The van der Waals surface area contributed by atoms with Gasteiger partial charge in [-0.1, -0.05) is 13.0 Å². The van der Waals surface area contributed by atoms with E-state index in [4.69, 9.17) is 10.5 Å². The first-order valence-corrected chi connectivity index (χ1v) is 10.6. The lowest BCUT2D eigenvalue weighted by Gasteiger charge is -2.20. The molecule has 2 aromatic carbocycles. The Morgan fingerprint density at radius 2 is 1.93 bits per heavy atom. The molecule has 29 heavy (non-hydrogen) atoms. The number of carbonyl (C=O) groups is 1. The Morgan fingerprint density at radius 1 is 1.14 bits per heavy atom. The van der Waals surface area contributed by atoms with E-state index in [2.05, 4.69) is 18.0 Å². The summed E-state index contributed by atoms with van der Waals surface area (Å²) in [6.07, 6.45) is 1.76. The molecular formula is C23H23N3O2S. The van der Waals surface area contributed by atoms with E-state index < -0.39 is 0 Å². The lowest BCUT2D eigenvalue weighted by molar-refractivity contribution is 0.0733. The molecule has 2 heterocycles. The van der Waals surface area contributed by atoms with Crippen LogP contribution >= 0.6 is 11.8 Å². The summed E-state index contributed by atoms with van der Waals surface area (Å²) in [5.41, 5.74) is 9.39. The summed E-state index contributed by atoms with van der Waals surface area (Å²) in [5, 5.41) is 0. The molecule has 0 aliphatic carbocycles. The van der Waals surface area contributed by atoms with E-state index >= 15 is 0 Å². The van der Waals surface area contributed by atoms with Crippen LogP contribution in [0.4, 0.5) is 5.82 Å². The number of anilines is 1. The summed E-state index contributed by atoms with van der Waals surface area (Å²) in [6, 6.07) is 17.6. The van der Waals surface area contributed by atoms with Crippen molar-refractivity contribution in [3.8, 4) is 16.9 Å². The molecule has 148 valence electrons. The molecule has 0 fully saturated rings. The molecule has 1 aromatic heterocycles. The maximum absolute atomic E-state index is 13.1. The zero-order chi connectivity index (χ0) is 20.2. The zero-order valence-electron chi connectivity index (χ0n) is 16.3. The van der Waals surface area contributed by atoms with Gasteiger partial charge in [-0.05, 0) is 59.8 Å². The van der Waals surface area contributed by atoms with E-state index in [0.29, 0.717) is 31.1 Å². The van der Waals surface area contributed by atoms with Crippen LogP contribution in [-0.2, 0) is 6.54 Å². The van der Waals surface area contributed by atoms with Gasteiger partial charge in [0.2, 0.25) is 0 Å². The second-order valence-electron chi connectivity index (χ2n) is 6.83. The Bertz CT molecular complexity index is 1000. The van der Waals surface area contributed by atoms with Crippen LogP contribution in [0, 0.1) is 0 Å². The average molecular weight is 406 g/mol. The number of nitrogens with two attached hydrogens (primary N) is 1. The molecule has 2 N–H and O–H groups in total. The number of hydrogen-bond donors (Lipinski definition) is 1. The Hall–Kier alpha value is -2.99. The molecule has 1 aliphatic rings. The van der Waals surface area contributed by atoms with Gasteiger partial charge in [-0.2, -0.15) is 0 Å². The number of aromatic nitrogens is 1. The third-order valence-electron chi connectivity index (χ3n) is 4.86. The summed E-state index contributed by atoms with van der Waals surface area (Å²) in [5.74, 6) is 2.35. The van der Waals surface area contributed by atoms with Crippen molar-refractivity contribution in [1.82, 2.24) is 9.88 Å². The van der Waals surface area contributed by atoms with Gasteiger partial charge in [0.1, 0.15) is 18.2 Å². The number of fused-ring (bicyclic) bond motifs is 1. The summed E-state index contributed by atoms with van der Waals surface area (Å²) in [6.45, 7) is 3.66. The van der Waals surface area contributed by atoms with Crippen molar-refractivity contribution in [1.29, 1.82) is 0 Å². The minimum atomic E-state index is 0.0223. The van der Waals surface area contributed by atoms with Crippen LogP contribution in [0.2, 0.25) is 0 Å². The Balaban J connectivity index is 1.57. The molecule has 0 saturated carbocycles. The van der Waals surface area contributed by atoms with Crippen LogP contribution in [-0.4, -0.2) is 34.7 Å². The molecule has 4 rings (SSSR count). The molecule has 0 bridgehead atoms. The SMILES string of the molecule is CCSc1ccc(C(=O)N2CCOc3ccc(-c4ccc(N)nc4)cc3C2)cc1. The van der Waals surface area contributed by atoms with Crippen molar-refractivity contribution in [3.63, 3.8) is 0 Å².